The summed E-state index contributed by atoms with van der Waals surface area (Å²) in [7, 11) is 0. The van der Waals surface area contributed by atoms with Crippen LogP contribution in [0.1, 0.15) is 84.5 Å². The third kappa shape index (κ3) is 10.8. The van der Waals surface area contributed by atoms with E-state index in [9.17, 15) is 4.79 Å². The normalized spacial score (nSPS) is 17.5. The molecule has 3 nitrogen and oxygen atoms in total. The summed E-state index contributed by atoms with van der Waals surface area (Å²) in [6, 6.07) is 0. The molecule has 0 bridgehead atoms. The van der Waals surface area contributed by atoms with Gasteiger partial charge in [0.15, 0.2) is 0 Å². The Morgan fingerprint density at radius 1 is 1.05 bits per heavy atom. The van der Waals surface area contributed by atoms with Crippen LogP contribution in [0.3, 0.4) is 0 Å². The van der Waals surface area contributed by atoms with E-state index in [-0.39, 0.29) is 5.97 Å². The lowest BCUT2D eigenvalue weighted by atomic mass is 10.1. The van der Waals surface area contributed by atoms with Crippen molar-refractivity contribution in [3.8, 4) is 0 Å². The number of hydrogen-bond acceptors (Lipinski definition) is 3. The maximum absolute atomic E-state index is 11.7. The monoisotopic (exact) mass is 310 g/mol. The second kappa shape index (κ2) is 12.7. The van der Waals surface area contributed by atoms with E-state index in [1.54, 1.807) is 0 Å². The fraction of sp³-hybridized carbons (Fsp3) is 0.842. The van der Waals surface area contributed by atoms with E-state index in [1.807, 2.05) is 13.0 Å². The number of epoxide rings is 1. The maximum atomic E-state index is 11.7. The zero-order valence-corrected chi connectivity index (χ0v) is 14.6. The van der Waals surface area contributed by atoms with Crippen LogP contribution in [0.5, 0.6) is 0 Å². The lowest BCUT2D eigenvalue weighted by Gasteiger charge is -2.05. The van der Waals surface area contributed by atoms with E-state index in [4.69, 9.17) is 9.47 Å². The lowest BCUT2D eigenvalue weighted by Crippen LogP contribution is -2.07. The van der Waals surface area contributed by atoms with Gasteiger partial charge in [0.1, 0.15) is 0 Å². The highest BCUT2D eigenvalue weighted by atomic mass is 16.6. The van der Waals surface area contributed by atoms with Crippen molar-refractivity contribution in [2.24, 2.45) is 0 Å². The fourth-order valence-corrected chi connectivity index (χ4v) is 2.46. The van der Waals surface area contributed by atoms with Gasteiger partial charge in [0.25, 0.3) is 0 Å². The van der Waals surface area contributed by atoms with Crippen molar-refractivity contribution in [1.29, 1.82) is 0 Å². The summed E-state index contributed by atoms with van der Waals surface area (Å²) in [6.07, 6.45) is 16.1. The number of unbranched alkanes of at least 4 members (excludes halogenated alkanes) is 9. The number of carbonyl (C=O) groups is 1. The molecule has 1 atom stereocenters. The van der Waals surface area contributed by atoms with Crippen LogP contribution in [-0.4, -0.2) is 25.3 Å². The molecular weight excluding hydrogens is 276 g/mol. The number of hydrogen-bond donors (Lipinski definition) is 0. The van der Waals surface area contributed by atoms with E-state index in [0.717, 1.165) is 19.4 Å². The van der Waals surface area contributed by atoms with Crippen LogP contribution < -0.4 is 0 Å². The van der Waals surface area contributed by atoms with Crippen LogP contribution >= 0.6 is 0 Å². The van der Waals surface area contributed by atoms with Gasteiger partial charge in [-0.15, -0.1) is 0 Å². The first-order valence-corrected chi connectivity index (χ1v) is 9.19. The summed E-state index contributed by atoms with van der Waals surface area (Å²) < 4.78 is 10.4. The highest BCUT2D eigenvalue weighted by Gasteiger charge is 2.21. The molecule has 3 heteroatoms. The van der Waals surface area contributed by atoms with Crippen molar-refractivity contribution in [3.63, 3.8) is 0 Å². The largest absolute Gasteiger partial charge is 0.462 e. The van der Waals surface area contributed by atoms with E-state index >= 15 is 0 Å². The smallest absolute Gasteiger partial charge is 0.333 e. The number of ether oxygens (including phenoxy) is 2. The Labute approximate surface area is 136 Å². The quantitative estimate of drug-likeness (QED) is 0.192. The Morgan fingerprint density at radius 3 is 2.14 bits per heavy atom. The molecule has 1 fully saturated rings. The van der Waals surface area contributed by atoms with E-state index in [1.165, 1.54) is 57.8 Å². The first-order chi connectivity index (χ1) is 10.7. The molecule has 0 aliphatic carbocycles. The summed E-state index contributed by atoms with van der Waals surface area (Å²) in [6.45, 7) is 5.47. The Morgan fingerprint density at radius 2 is 1.59 bits per heavy atom. The van der Waals surface area contributed by atoms with Crippen LogP contribution in [0.2, 0.25) is 0 Å². The Bertz CT molecular complexity index is 319. The summed E-state index contributed by atoms with van der Waals surface area (Å²) in [4.78, 5) is 11.7. The number of esters is 1. The molecule has 1 rings (SSSR count). The van der Waals surface area contributed by atoms with Gasteiger partial charge in [0, 0.05) is 5.57 Å². The third-order valence-corrected chi connectivity index (χ3v) is 4.14. The Balaban J connectivity index is 1.84. The standard InChI is InChI=1S/C19H34O3/c1-3-4-5-6-7-8-9-10-11-12-15-21-19(20)17(2)13-14-18-16-22-18/h13,18H,3-12,14-16H2,1-2H3. The van der Waals surface area contributed by atoms with Gasteiger partial charge < -0.3 is 9.47 Å². The average molecular weight is 310 g/mol. The van der Waals surface area contributed by atoms with Crippen molar-refractivity contribution in [2.75, 3.05) is 13.2 Å². The van der Waals surface area contributed by atoms with E-state index < -0.39 is 0 Å². The van der Waals surface area contributed by atoms with Crippen molar-refractivity contribution < 1.29 is 14.3 Å². The van der Waals surface area contributed by atoms with Crippen LogP contribution in [0.25, 0.3) is 0 Å². The second-order valence-corrected chi connectivity index (χ2v) is 6.40. The van der Waals surface area contributed by atoms with Crippen LogP contribution in [0, 0.1) is 0 Å². The fourth-order valence-electron chi connectivity index (χ4n) is 2.46. The molecule has 0 amide bonds. The molecule has 0 aromatic heterocycles. The van der Waals surface area contributed by atoms with E-state index in [0.29, 0.717) is 18.3 Å². The predicted molar refractivity (Wildman–Crippen MR) is 90.9 cm³/mol. The molecule has 0 N–H and O–H groups in total. The van der Waals surface area contributed by atoms with Gasteiger partial charge in [-0.3, -0.25) is 0 Å². The molecule has 22 heavy (non-hydrogen) atoms. The van der Waals surface area contributed by atoms with Gasteiger partial charge in [-0.25, -0.2) is 4.79 Å². The van der Waals surface area contributed by atoms with Crippen LogP contribution in [0.4, 0.5) is 0 Å². The molecular formula is C19H34O3. The predicted octanol–water partition coefficient (Wildman–Crippen LogP) is 5.19. The molecule has 1 heterocycles. The first-order valence-electron chi connectivity index (χ1n) is 9.19. The molecule has 1 aliphatic rings. The molecule has 1 saturated heterocycles. The van der Waals surface area contributed by atoms with Gasteiger partial charge in [-0.05, 0) is 19.8 Å². The molecule has 0 aromatic rings. The van der Waals surface area contributed by atoms with Crippen LogP contribution in [-0.2, 0) is 14.3 Å². The Kier molecular flexibility index (Phi) is 11.1. The summed E-state index contributed by atoms with van der Waals surface area (Å²) in [5.41, 5.74) is 0.711. The van der Waals surface area contributed by atoms with Gasteiger partial charge in [0.05, 0.1) is 19.3 Å². The number of carbonyl (C=O) groups excluding carboxylic acids is 1. The summed E-state index contributed by atoms with van der Waals surface area (Å²) in [5, 5.41) is 0. The van der Waals surface area contributed by atoms with Gasteiger partial charge in [-0.1, -0.05) is 70.8 Å². The van der Waals surface area contributed by atoms with Gasteiger partial charge in [0.2, 0.25) is 0 Å². The minimum absolute atomic E-state index is 0.170. The van der Waals surface area contributed by atoms with Gasteiger partial charge in [-0.2, -0.15) is 0 Å². The first kappa shape index (κ1) is 19.2. The molecule has 0 spiro atoms. The summed E-state index contributed by atoms with van der Waals surface area (Å²) >= 11 is 0. The van der Waals surface area contributed by atoms with Crippen molar-refractivity contribution in [2.45, 2.75) is 90.6 Å². The van der Waals surface area contributed by atoms with Crippen molar-refractivity contribution in [1.82, 2.24) is 0 Å². The van der Waals surface area contributed by atoms with E-state index in [2.05, 4.69) is 6.92 Å². The molecule has 0 aromatic carbocycles. The molecule has 128 valence electrons. The third-order valence-electron chi connectivity index (χ3n) is 4.14. The molecule has 0 radical (unpaired) electrons. The number of rotatable bonds is 14. The SMILES string of the molecule is CCCCCCCCCCCCOC(=O)C(C)=CCC1CO1. The molecule has 1 aliphatic heterocycles. The topological polar surface area (TPSA) is 38.8 Å². The lowest BCUT2D eigenvalue weighted by molar-refractivity contribution is -0.139. The van der Waals surface area contributed by atoms with Crippen molar-refractivity contribution in [3.05, 3.63) is 11.6 Å². The molecule has 1 unspecified atom stereocenters. The zero-order valence-electron chi connectivity index (χ0n) is 14.6. The minimum Gasteiger partial charge on any atom is -0.462 e. The highest BCUT2D eigenvalue weighted by Crippen LogP contribution is 2.15. The minimum atomic E-state index is -0.170. The van der Waals surface area contributed by atoms with Crippen LogP contribution in [0.15, 0.2) is 11.6 Å². The van der Waals surface area contributed by atoms with Crippen molar-refractivity contribution >= 4 is 5.97 Å². The average Bonchev–Trinajstić information content (AvgIpc) is 3.34. The Hall–Kier alpha value is -0.830. The molecule has 0 saturated carbocycles. The second-order valence-electron chi connectivity index (χ2n) is 6.40. The van der Waals surface area contributed by atoms with Gasteiger partial charge >= 0.3 is 5.97 Å². The highest BCUT2D eigenvalue weighted by molar-refractivity contribution is 5.87. The summed E-state index contributed by atoms with van der Waals surface area (Å²) in [5.74, 6) is -0.170. The maximum Gasteiger partial charge on any atom is 0.333 e. The zero-order chi connectivity index (χ0) is 16.0.